The third-order valence-electron chi connectivity index (χ3n) is 4.81. The van der Waals surface area contributed by atoms with Crippen LogP contribution >= 0.6 is 11.6 Å². The van der Waals surface area contributed by atoms with Crippen LogP contribution in [-0.2, 0) is 4.79 Å². The number of halogens is 1. The molecule has 1 heterocycles. The predicted molar refractivity (Wildman–Crippen MR) is 126 cm³/mol. The molecule has 0 saturated heterocycles. The summed E-state index contributed by atoms with van der Waals surface area (Å²) >= 11 is 5.97. The lowest BCUT2D eigenvalue weighted by molar-refractivity contribution is -0.123. The number of hydrogen-bond acceptors (Lipinski definition) is 5. The minimum Gasteiger partial charge on any atom is -0.335 e. The average Bonchev–Trinajstić information content (AvgIpc) is 2.84. The lowest BCUT2D eigenvalue weighted by atomic mass is 10.0. The maximum atomic E-state index is 13.1. The van der Waals surface area contributed by atoms with E-state index in [2.05, 4.69) is 26.0 Å². The molecule has 0 saturated carbocycles. The average molecular weight is 460 g/mol. The molecule has 4 aromatic rings. The van der Waals surface area contributed by atoms with Crippen LogP contribution in [0.4, 0.5) is 0 Å². The van der Waals surface area contributed by atoms with E-state index in [1.54, 1.807) is 78.9 Å². The Balaban J connectivity index is 1.67. The van der Waals surface area contributed by atoms with Crippen molar-refractivity contribution in [2.75, 3.05) is 0 Å². The van der Waals surface area contributed by atoms with Crippen molar-refractivity contribution in [2.24, 2.45) is 5.10 Å². The number of aromatic amines is 1. The minimum absolute atomic E-state index is 0.185. The van der Waals surface area contributed by atoms with Gasteiger partial charge in [0.2, 0.25) is 0 Å². The highest BCUT2D eigenvalue weighted by molar-refractivity contribution is 6.30. The molecule has 33 heavy (non-hydrogen) atoms. The summed E-state index contributed by atoms with van der Waals surface area (Å²) in [6, 6.07) is 20.9. The number of H-pyrrole nitrogens is 1. The van der Waals surface area contributed by atoms with E-state index in [-0.39, 0.29) is 5.69 Å². The van der Waals surface area contributed by atoms with E-state index in [9.17, 15) is 14.4 Å². The predicted octanol–water partition coefficient (Wildman–Crippen LogP) is 3.20. The molecule has 0 spiro atoms. The number of hydrogen-bond donors (Lipinski definition) is 3. The molecule has 1 atom stereocenters. The van der Waals surface area contributed by atoms with Gasteiger partial charge in [-0.2, -0.15) is 10.2 Å². The van der Waals surface area contributed by atoms with Crippen LogP contribution in [0.2, 0.25) is 5.02 Å². The lowest BCUT2D eigenvalue weighted by Crippen LogP contribution is -2.40. The van der Waals surface area contributed by atoms with Gasteiger partial charge in [0, 0.05) is 16.0 Å². The SMILES string of the molecule is O=C(N[C@H](C(=O)N/N=C\c1cccc(Cl)c1)c1n[nH]c(=O)c2ccccc12)c1ccccc1. The van der Waals surface area contributed by atoms with Crippen LogP contribution in [0.15, 0.2) is 88.8 Å². The maximum absolute atomic E-state index is 13.1. The molecule has 1 aromatic heterocycles. The molecule has 3 aromatic carbocycles. The lowest BCUT2D eigenvalue weighted by Gasteiger charge is -2.18. The zero-order chi connectivity index (χ0) is 23.2. The largest absolute Gasteiger partial charge is 0.335 e. The number of fused-ring (bicyclic) bond motifs is 1. The van der Waals surface area contributed by atoms with Crippen molar-refractivity contribution >= 4 is 40.4 Å². The van der Waals surface area contributed by atoms with Gasteiger partial charge in [0.25, 0.3) is 17.4 Å². The highest BCUT2D eigenvalue weighted by Crippen LogP contribution is 2.20. The van der Waals surface area contributed by atoms with Gasteiger partial charge < -0.3 is 5.32 Å². The van der Waals surface area contributed by atoms with Gasteiger partial charge in [-0.05, 0) is 35.9 Å². The zero-order valence-electron chi connectivity index (χ0n) is 17.2. The normalized spacial score (nSPS) is 11.9. The first-order valence-electron chi connectivity index (χ1n) is 9.94. The van der Waals surface area contributed by atoms with Crippen LogP contribution in [0.25, 0.3) is 10.8 Å². The fraction of sp³-hybridized carbons (Fsp3) is 0.0417. The van der Waals surface area contributed by atoms with Crippen LogP contribution in [0.3, 0.4) is 0 Å². The van der Waals surface area contributed by atoms with Crippen LogP contribution in [-0.4, -0.2) is 28.2 Å². The molecule has 0 bridgehead atoms. The van der Waals surface area contributed by atoms with Crippen molar-refractivity contribution in [2.45, 2.75) is 6.04 Å². The van der Waals surface area contributed by atoms with E-state index in [0.29, 0.717) is 26.9 Å². The Hall–Kier alpha value is -4.30. The summed E-state index contributed by atoms with van der Waals surface area (Å²) in [4.78, 5) is 38.1. The standard InChI is InChI=1S/C24H18ClN5O3/c25-17-10-6-7-15(13-17)14-26-29-24(33)21(27-22(31)16-8-2-1-3-9-16)20-18-11-4-5-12-19(18)23(32)30-28-20/h1-14,21H,(H,27,31)(H,29,33)(H,30,32)/b26-14-/t21-/m0/s1. The van der Waals surface area contributed by atoms with Gasteiger partial charge in [-0.25, -0.2) is 10.5 Å². The van der Waals surface area contributed by atoms with Crippen molar-refractivity contribution in [3.8, 4) is 0 Å². The number of carbonyl (C=O) groups is 2. The number of hydrazone groups is 1. The third kappa shape index (κ3) is 5.13. The Bertz CT molecular complexity index is 1400. The van der Waals surface area contributed by atoms with Gasteiger partial charge in [-0.3, -0.25) is 14.4 Å². The molecule has 0 unspecified atom stereocenters. The fourth-order valence-corrected chi connectivity index (χ4v) is 3.44. The van der Waals surface area contributed by atoms with Crippen molar-refractivity contribution in [1.29, 1.82) is 0 Å². The van der Waals surface area contributed by atoms with E-state index >= 15 is 0 Å². The molecule has 0 radical (unpaired) electrons. The molecule has 0 aliphatic carbocycles. The Labute approximate surface area is 193 Å². The summed E-state index contributed by atoms with van der Waals surface area (Å²) in [5.41, 5.74) is 3.26. The quantitative estimate of drug-likeness (QED) is 0.303. The minimum atomic E-state index is -1.23. The van der Waals surface area contributed by atoms with Crippen molar-refractivity contribution in [3.63, 3.8) is 0 Å². The number of carbonyl (C=O) groups excluding carboxylic acids is 2. The van der Waals surface area contributed by atoms with Gasteiger partial charge in [0.15, 0.2) is 6.04 Å². The molecular weight excluding hydrogens is 442 g/mol. The first-order chi connectivity index (χ1) is 16.0. The molecule has 8 nitrogen and oxygen atoms in total. The van der Waals surface area contributed by atoms with Crippen LogP contribution < -0.4 is 16.3 Å². The van der Waals surface area contributed by atoms with E-state index in [1.807, 2.05) is 0 Å². The van der Waals surface area contributed by atoms with E-state index < -0.39 is 23.4 Å². The third-order valence-corrected chi connectivity index (χ3v) is 5.04. The molecule has 0 aliphatic heterocycles. The summed E-state index contributed by atoms with van der Waals surface area (Å²) in [5.74, 6) is -1.12. The van der Waals surface area contributed by atoms with Gasteiger partial charge >= 0.3 is 0 Å². The second-order valence-electron chi connectivity index (χ2n) is 7.05. The second-order valence-corrected chi connectivity index (χ2v) is 7.48. The highest BCUT2D eigenvalue weighted by atomic mass is 35.5. The summed E-state index contributed by atoms with van der Waals surface area (Å²) in [5, 5.41) is 14.4. The van der Waals surface area contributed by atoms with Gasteiger partial charge in [-0.15, -0.1) is 0 Å². The molecule has 3 N–H and O–H groups in total. The van der Waals surface area contributed by atoms with Crippen molar-refractivity contribution < 1.29 is 9.59 Å². The molecule has 2 amide bonds. The second kappa shape index (κ2) is 9.88. The van der Waals surface area contributed by atoms with Gasteiger partial charge in [0.1, 0.15) is 5.69 Å². The van der Waals surface area contributed by atoms with E-state index in [1.165, 1.54) is 6.21 Å². The summed E-state index contributed by atoms with van der Waals surface area (Å²) < 4.78 is 0. The summed E-state index contributed by atoms with van der Waals surface area (Å²) in [7, 11) is 0. The van der Waals surface area contributed by atoms with Gasteiger partial charge in [0.05, 0.1) is 11.6 Å². The van der Waals surface area contributed by atoms with Crippen molar-refractivity contribution in [3.05, 3.63) is 111 Å². The first kappa shape index (κ1) is 21.9. The Morgan fingerprint density at radius 1 is 0.970 bits per heavy atom. The molecular formula is C24H18ClN5O3. The zero-order valence-corrected chi connectivity index (χ0v) is 17.9. The Kier molecular flexibility index (Phi) is 6.56. The molecule has 0 aliphatic rings. The van der Waals surface area contributed by atoms with Crippen LogP contribution in [0.1, 0.15) is 27.7 Å². The van der Waals surface area contributed by atoms with Crippen LogP contribution in [0.5, 0.6) is 0 Å². The van der Waals surface area contributed by atoms with Gasteiger partial charge in [-0.1, -0.05) is 60.1 Å². The molecule has 9 heteroatoms. The Morgan fingerprint density at radius 2 is 1.70 bits per heavy atom. The maximum Gasteiger partial charge on any atom is 0.272 e. The highest BCUT2D eigenvalue weighted by Gasteiger charge is 2.27. The molecule has 0 fully saturated rings. The summed E-state index contributed by atoms with van der Waals surface area (Å²) in [6.07, 6.45) is 1.43. The number of nitrogens with one attached hydrogen (secondary N) is 3. The topological polar surface area (TPSA) is 116 Å². The summed E-state index contributed by atoms with van der Waals surface area (Å²) in [6.45, 7) is 0. The monoisotopic (exact) mass is 459 g/mol. The molecule has 164 valence electrons. The number of nitrogens with zero attached hydrogens (tertiary/aromatic N) is 2. The number of rotatable bonds is 6. The van der Waals surface area contributed by atoms with Crippen LogP contribution in [0, 0.1) is 0 Å². The van der Waals surface area contributed by atoms with E-state index in [4.69, 9.17) is 11.6 Å². The number of benzene rings is 3. The smallest absolute Gasteiger partial charge is 0.272 e. The number of aromatic nitrogens is 2. The number of amides is 2. The molecule has 4 rings (SSSR count). The Morgan fingerprint density at radius 3 is 2.45 bits per heavy atom. The van der Waals surface area contributed by atoms with Crippen molar-refractivity contribution in [1.82, 2.24) is 20.9 Å². The van der Waals surface area contributed by atoms with E-state index in [0.717, 1.165) is 0 Å². The first-order valence-corrected chi connectivity index (χ1v) is 10.3. The fourth-order valence-electron chi connectivity index (χ4n) is 3.24.